The molecule has 9 heteroatoms. The van der Waals surface area contributed by atoms with E-state index in [0.29, 0.717) is 29.9 Å². The molecule has 0 atom stereocenters. The summed E-state index contributed by atoms with van der Waals surface area (Å²) in [5, 5.41) is 19.2. The number of aromatic nitrogens is 2. The highest BCUT2D eigenvalue weighted by molar-refractivity contribution is 5.87. The number of nitrogens with one attached hydrogen (secondary N) is 1. The Hall–Kier alpha value is -2.68. The van der Waals surface area contributed by atoms with Crippen LogP contribution in [0.5, 0.6) is 5.88 Å². The number of hydroxylamine groups is 2. The summed E-state index contributed by atoms with van der Waals surface area (Å²) in [6.07, 6.45) is 1.05. The highest BCUT2D eigenvalue weighted by Crippen LogP contribution is 2.26. The zero-order valence-electron chi connectivity index (χ0n) is 12.5. The standard InChI is InChI=1S/C14H16N4O5/c1-9-4-6-17(7-5-9)23-14(19)22-13-11-3-2-10(18(20)21)8-12(11)15-16-13/h2-3,8-9H,4-7H2,1H3,(H,15,16). The first-order valence-corrected chi connectivity index (χ1v) is 7.30. The Morgan fingerprint density at radius 2 is 2.17 bits per heavy atom. The van der Waals surface area contributed by atoms with Crippen molar-refractivity contribution >= 4 is 22.7 Å². The maximum atomic E-state index is 11.8. The van der Waals surface area contributed by atoms with Crippen LogP contribution in [0.3, 0.4) is 0 Å². The van der Waals surface area contributed by atoms with Gasteiger partial charge in [-0.2, -0.15) is 0 Å². The third-order valence-electron chi connectivity index (χ3n) is 3.85. The lowest BCUT2D eigenvalue weighted by Gasteiger charge is -2.27. The van der Waals surface area contributed by atoms with Gasteiger partial charge in [-0.3, -0.25) is 15.2 Å². The van der Waals surface area contributed by atoms with Crippen molar-refractivity contribution < 1.29 is 19.3 Å². The summed E-state index contributed by atoms with van der Waals surface area (Å²) in [6, 6.07) is 4.12. The Bertz CT molecular complexity index is 736. The third kappa shape index (κ3) is 3.39. The number of aromatic amines is 1. The fourth-order valence-electron chi connectivity index (χ4n) is 2.45. The van der Waals surface area contributed by atoms with Crippen LogP contribution in [0.2, 0.25) is 0 Å². The Morgan fingerprint density at radius 3 is 2.87 bits per heavy atom. The van der Waals surface area contributed by atoms with Gasteiger partial charge in [0, 0.05) is 25.2 Å². The molecular weight excluding hydrogens is 304 g/mol. The van der Waals surface area contributed by atoms with Crippen LogP contribution in [-0.4, -0.2) is 39.4 Å². The molecule has 0 amide bonds. The van der Waals surface area contributed by atoms with E-state index in [1.54, 1.807) is 5.06 Å². The quantitative estimate of drug-likeness (QED) is 0.525. The number of benzene rings is 1. The molecule has 122 valence electrons. The van der Waals surface area contributed by atoms with Gasteiger partial charge in [0.15, 0.2) is 0 Å². The van der Waals surface area contributed by atoms with Crippen molar-refractivity contribution in [3.63, 3.8) is 0 Å². The molecule has 23 heavy (non-hydrogen) atoms. The number of hydrogen-bond acceptors (Lipinski definition) is 7. The first-order valence-electron chi connectivity index (χ1n) is 7.30. The molecule has 1 aromatic heterocycles. The Kier molecular flexibility index (Phi) is 4.11. The molecule has 2 aromatic rings. The molecule has 0 bridgehead atoms. The van der Waals surface area contributed by atoms with Crippen LogP contribution in [0.15, 0.2) is 18.2 Å². The van der Waals surface area contributed by atoms with Crippen LogP contribution in [0.1, 0.15) is 19.8 Å². The van der Waals surface area contributed by atoms with E-state index in [0.717, 1.165) is 12.8 Å². The summed E-state index contributed by atoms with van der Waals surface area (Å²) in [5.41, 5.74) is 0.339. The second-order valence-electron chi connectivity index (χ2n) is 5.57. The molecule has 0 spiro atoms. The minimum Gasteiger partial charge on any atom is -0.372 e. The number of hydrogen-bond donors (Lipinski definition) is 1. The first-order chi connectivity index (χ1) is 11.0. The minimum atomic E-state index is -0.869. The number of carbonyl (C=O) groups excluding carboxylic acids is 1. The molecule has 1 aliphatic rings. The van der Waals surface area contributed by atoms with Crippen LogP contribution >= 0.6 is 0 Å². The van der Waals surface area contributed by atoms with E-state index in [9.17, 15) is 14.9 Å². The van der Waals surface area contributed by atoms with Gasteiger partial charge in [0.25, 0.3) is 11.6 Å². The Balaban J connectivity index is 1.66. The average Bonchev–Trinajstić information content (AvgIpc) is 2.92. The van der Waals surface area contributed by atoms with Gasteiger partial charge in [-0.25, -0.2) is 4.79 Å². The maximum Gasteiger partial charge on any atom is 0.534 e. The second-order valence-corrected chi connectivity index (χ2v) is 5.57. The fourth-order valence-corrected chi connectivity index (χ4v) is 2.45. The van der Waals surface area contributed by atoms with Crippen molar-refractivity contribution in [2.45, 2.75) is 19.8 Å². The van der Waals surface area contributed by atoms with Gasteiger partial charge in [-0.1, -0.05) is 6.92 Å². The summed E-state index contributed by atoms with van der Waals surface area (Å²) < 4.78 is 5.08. The fraction of sp³-hybridized carbons (Fsp3) is 0.429. The van der Waals surface area contributed by atoms with Crippen LogP contribution in [0.25, 0.3) is 10.9 Å². The van der Waals surface area contributed by atoms with Crippen LogP contribution < -0.4 is 4.74 Å². The van der Waals surface area contributed by atoms with E-state index in [4.69, 9.17) is 9.57 Å². The van der Waals surface area contributed by atoms with Crippen molar-refractivity contribution in [2.75, 3.05) is 13.1 Å². The van der Waals surface area contributed by atoms with E-state index in [-0.39, 0.29) is 11.6 Å². The molecule has 1 N–H and O–H groups in total. The molecule has 3 rings (SSSR count). The zero-order valence-corrected chi connectivity index (χ0v) is 12.5. The second kappa shape index (κ2) is 6.21. The summed E-state index contributed by atoms with van der Waals surface area (Å²) in [5.74, 6) is 0.655. The molecule has 9 nitrogen and oxygen atoms in total. The van der Waals surface area contributed by atoms with Crippen molar-refractivity contribution in [1.82, 2.24) is 15.3 Å². The van der Waals surface area contributed by atoms with Crippen molar-refractivity contribution in [1.29, 1.82) is 0 Å². The summed E-state index contributed by atoms with van der Waals surface area (Å²) in [4.78, 5) is 27.2. The lowest BCUT2D eigenvalue weighted by molar-refractivity contribution is -0.384. The van der Waals surface area contributed by atoms with Crippen LogP contribution in [0.4, 0.5) is 10.5 Å². The van der Waals surface area contributed by atoms with E-state index in [2.05, 4.69) is 17.1 Å². The topological polar surface area (TPSA) is 111 Å². The first kappa shape index (κ1) is 15.2. The third-order valence-corrected chi connectivity index (χ3v) is 3.85. The van der Waals surface area contributed by atoms with Crippen molar-refractivity contribution in [2.24, 2.45) is 5.92 Å². The van der Waals surface area contributed by atoms with E-state index >= 15 is 0 Å². The number of ether oxygens (including phenoxy) is 1. The molecule has 0 aliphatic carbocycles. The van der Waals surface area contributed by atoms with Crippen LogP contribution in [0, 0.1) is 16.0 Å². The Labute approximate surface area is 131 Å². The minimum absolute atomic E-state index is 0.0327. The monoisotopic (exact) mass is 320 g/mol. The highest BCUT2D eigenvalue weighted by atomic mass is 16.8. The van der Waals surface area contributed by atoms with E-state index in [1.165, 1.54) is 18.2 Å². The summed E-state index contributed by atoms with van der Waals surface area (Å²) in [7, 11) is 0. The number of nitro benzene ring substituents is 1. The van der Waals surface area contributed by atoms with Crippen LogP contribution in [-0.2, 0) is 4.84 Å². The molecular formula is C14H16N4O5. The highest BCUT2D eigenvalue weighted by Gasteiger charge is 2.22. The molecule has 0 saturated carbocycles. The predicted molar refractivity (Wildman–Crippen MR) is 79.8 cm³/mol. The largest absolute Gasteiger partial charge is 0.534 e. The Morgan fingerprint density at radius 1 is 1.43 bits per heavy atom. The summed E-state index contributed by atoms with van der Waals surface area (Å²) >= 11 is 0. The lowest BCUT2D eigenvalue weighted by atomic mass is 10.0. The van der Waals surface area contributed by atoms with Gasteiger partial charge >= 0.3 is 6.16 Å². The number of H-pyrrole nitrogens is 1. The predicted octanol–water partition coefficient (Wildman–Crippen LogP) is 2.63. The van der Waals surface area contributed by atoms with Gasteiger partial charge in [-0.05, 0) is 24.8 Å². The van der Waals surface area contributed by atoms with Gasteiger partial charge in [0.1, 0.15) is 0 Å². The zero-order chi connectivity index (χ0) is 16.4. The van der Waals surface area contributed by atoms with Gasteiger partial charge in [0.2, 0.25) is 0 Å². The van der Waals surface area contributed by atoms with E-state index in [1.807, 2.05) is 0 Å². The molecule has 1 aliphatic heterocycles. The number of rotatable bonds is 3. The molecule has 0 unspecified atom stereocenters. The molecule has 2 heterocycles. The molecule has 0 radical (unpaired) electrons. The number of fused-ring (bicyclic) bond motifs is 1. The number of non-ortho nitro benzene ring substituents is 1. The number of piperidine rings is 1. The molecule has 1 aromatic carbocycles. The SMILES string of the molecule is CC1CCN(OC(=O)Oc2n[nH]c3cc([N+](=O)[O-])ccc23)CC1. The van der Waals surface area contributed by atoms with Crippen molar-refractivity contribution in [3.8, 4) is 5.88 Å². The van der Waals surface area contributed by atoms with Gasteiger partial charge in [-0.15, -0.1) is 10.2 Å². The lowest BCUT2D eigenvalue weighted by Crippen LogP contribution is -2.35. The van der Waals surface area contributed by atoms with Crippen molar-refractivity contribution in [3.05, 3.63) is 28.3 Å². The normalized spacial score (nSPS) is 16.4. The maximum absolute atomic E-state index is 11.8. The smallest absolute Gasteiger partial charge is 0.372 e. The number of nitrogens with zero attached hydrogens (tertiary/aromatic N) is 3. The summed E-state index contributed by atoms with van der Waals surface area (Å²) in [6.45, 7) is 3.50. The molecule has 1 fully saturated rings. The van der Waals surface area contributed by atoms with E-state index < -0.39 is 11.1 Å². The van der Waals surface area contributed by atoms with Gasteiger partial charge < -0.3 is 9.57 Å². The average molecular weight is 320 g/mol. The number of nitro groups is 1. The van der Waals surface area contributed by atoms with Gasteiger partial charge in [0.05, 0.1) is 15.8 Å². The molecule has 1 saturated heterocycles. The number of carbonyl (C=O) groups is 1.